The molecule has 0 aromatic heterocycles. The molecule has 1 aromatic carbocycles. The molecule has 0 unspecified atom stereocenters. The molecule has 15 heavy (non-hydrogen) atoms. The molecule has 79 valence electrons. The van der Waals surface area contributed by atoms with Crippen LogP contribution in [0.25, 0.3) is 0 Å². The van der Waals surface area contributed by atoms with Crippen LogP contribution in [0, 0.1) is 5.41 Å². The molecule has 1 amide bonds. The Morgan fingerprint density at radius 2 is 1.80 bits per heavy atom. The lowest BCUT2D eigenvalue weighted by Crippen LogP contribution is -2.27. The van der Waals surface area contributed by atoms with Gasteiger partial charge in [-0.2, -0.15) is 0 Å². The average molecular weight is 204 g/mol. The molecule has 4 heteroatoms. The molecule has 1 aromatic rings. The van der Waals surface area contributed by atoms with Gasteiger partial charge in [-0.05, 0) is 29.8 Å². The summed E-state index contributed by atoms with van der Waals surface area (Å²) in [5.74, 6) is -0.0452. The highest BCUT2D eigenvalue weighted by molar-refractivity contribution is 5.94. The Labute approximate surface area is 89.2 Å². The number of anilines is 1. The lowest BCUT2D eigenvalue weighted by atomic mass is 9.95. The Hall–Kier alpha value is -1.71. The monoisotopic (exact) mass is 204 g/mol. The van der Waals surface area contributed by atoms with Crippen LogP contribution in [0.3, 0.4) is 0 Å². The summed E-state index contributed by atoms with van der Waals surface area (Å²) >= 11 is 0. The van der Waals surface area contributed by atoms with Crippen molar-refractivity contribution in [2.45, 2.75) is 20.8 Å². The van der Waals surface area contributed by atoms with Crippen molar-refractivity contribution in [3.8, 4) is 0 Å². The SMILES string of the molecule is CC(C)(C)C(=O)Nc1ccc(N=[N])cc1. The van der Waals surface area contributed by atoms with E-state index in [0.717, 1.165) is 0 Å². The maximum Gasteiger partial charge on any atom is 0.229 e. The van der Waals surface area contributed by atoms with Gasteiger partial charge in [-0.15, -0.1) is 5.11 Å². The summed E-state index contributed by atoms with van der Waals surface area (Å²) in [6, 6.07) is 6.63. The van der Waals surface area contributed by atoms with E-state index >= 15 is 0 Å². The molecule has 0 saturated heterocycles. The highest BCUT2D eigenvalue weighted by Crippen LogP contribution is 2.19. The fourth-order valence-electron chi connectivity index (χ4n) is 0.930. The van der Waals surface area contributed by atoms with Gasteiger partial charge in [0.2, 0.25) is 5.91 Å². The van der Waals surface area contributed by atoms with Crippen LogP contribution in [0.15, 0.2) is 29.4 Å². The predicted octanol–water partition coefficient (Wildman–Crippen LogP) is 2.56. The van der Waals surface area contributed by atoms with Crippen molar-refractivity contribution in [1.29, 1.82) is 0 Å². The van der Waals surface area contributed by atoms with E-state index < -0.39 is 5.41 Å². The Kier molecular flexibility index (Phi) is 3.19. The Morgan fingerprint density at radius 1 is 1.27 bits per heavy atom. The molecule has 1 N–H and O–H groups in total. The van der Waals surface area contributed by atoms with Crippen LogP contribution in [0.5, 0.6) is 0 Å². The molecule has 1 radical (unpaired) electrons. The maximum absolute atomic E-state index is 11.6. The van der Waals surface area contributed by atoms with Crippen molar-refractivity contribution in [3.05, 3.63) is 24.3 Å². The first-order chi connectivity index (χ1) is 6.93. The molecular weight excluding hydrogens is 190 g/mol. The number of hydrogen-bond acceptors (Lipinski definition) is 2. The van der Waals surface area contributed by atoms with Gasteiger partial charge in [0.15, 0.2) is 0 Å². The van der Waals surface area contributed by atoms with E-state index in [1.807, 2.05) is 20.8 Å². The molecule has 0 fully saturated rings. The summed E-state index contributed by atoms with van der Waals surface area (Å²) in [6.45, 7) is 5.54. The van der Waals surface area contributed by atoms with E-state index in [-0.39, 0.29) is 5.91 Å². The Balaban J connectivity index is 2.74. The van der Waals surface area contributed by atoms with Crippen molar-refractivity contribution in [2.24, 2.45) is 10.5 Å². The third-order valence-corrected chi connectivity index (χ3v) is 1.92. The quantitative estimate of drug-likeness (QED) is 0.739. The first-order valence-electron chi connectivity index (χ1n) is 4.70. The van der Waals surface area contributed by atoms with Gasteiger partial charge < -0.3 is 5.32 Å². The number of nitrogens with one attached hydrogen (secondary N) is 1. The zero-order valence-corrected chi connectivity index (χ0v) is 9.11. The number of rotatable bonds is 2. The zero-order valence-electron chi connectivity index (χ0n) is 9.11. The van der Waals surface area contributed by atoms with Gasteiger partial charge in [0, 0.05) is 11.1 Å². The van der Waals surface area contributed by atoms with E-state index in [9.17, 15) is 4.79 Å². The smallest absolute Gasteiger partial charge is 0.229 e. The summed E-state index contributed by atoms with van der Waals surface area (Å²) in [5, 5.41) is 5.80. The average Bonchev–Trinajstić information content (AvgIpc) is 2.17. The van der Waals surface area contributed by atoms with Crippen LogP contribution in [0.1, 0.15) is 20.8 Å². The molecule has 0 aliphatic carbocycles. The van der Waals surface area contributed by atoms with E-state index in [1.165, 1.54) is 0 Å². The van der Waals surface area contributed by atoms with Gasteiger partial charge in [-0.25, -0.2) is 0 Å². The normalized spacial score (nSPS) is 10.9. The maximum atomic E-state index is 11.6. The summed E-state index contributed by atoms with van der Waals surface area (Å²) in [5.41, 5.74) is 9.22. The highest BCUT2D eigenvalue weighted by Gasteiger charge is 2.20. The first-order valence-corrected chi connectivity index (χ1v) is 4.70. The minimum Gasteiger partial charge on any atom is -0.326 e. The van der Waals surface area contributed by atoms with Gasteiger partial charge in [-0.1, -0.05) is 20.8 Å². The highest BCUT2D eigenvalue weighted by atomic mass is 16.2. The second-order valence-corrected chi connectivity index (χ2v) is 4.35. The van der Waals surface area contributed by atoms with Crippen molar-refractivity contribution in [1.82, 2.24) is 5.53 Å². The fraction of sp³-hybridized carbons (Fsp3) is 0.364. The summed E-state index contributed by atoms with van der Waals surface area (Å²) in [7, 11) is 0. The Bertz CT molecular complexity index is 362. The number of benzene rings is 1. The third kappa shape index (κ3) is 3.16. The lowest BCUT2D eigenvalue weighted by molar-refractivity contribution is -0.123. The number of carbonyl (C=O) groups excluding carboxylic acids is 1. The summed E-state index contributed by atoms with van der Waals surface area (Å²) in [4.78, 5) is 11.6. The third-order valence-electron chi connectivity index (χ3n) is 1.92. The minimum atomic E-state index is -0.417. The van der Waals surface area contributed by atoms with E-state index in [1.54, 1.807) is 24.3 Å². The fourth-order valence-corrected chi connectivity index (χ4v) is 0.930. The van der Waals surface area contributed by atoms with E-state index in [2.05, 4.69) is 10.4 Å². The first kappa shape index (κ1) is 11.4. The second-order valence-electron chi connectivity index (χ2n) is 4.35. The van der Waals surface area contributed by atoms with Crippen LogP contribution in [0.4, 0.5) is 11.4 Å². The van der Waals surface area contributed by atoms with Crippen molar-refractivity contribution in [3.63, 3.8) is 0 Å². The van der Waals surface area contributed by atoms with Crippen LogP contribution in [-0.4, -0.2) is 5.91 Å². The molecule has 0 heterocycles. The lowest BCUT2D eigenvalue weighted by Gasteiger charge is -2.17. The topological polar surface area (TPSA) is 63.8 Å². The predicted molar refractivity (Wildman–Crippen MR) is 58.7 cm³/mol. The van der Waals surface area contributed by atoms with Gasteiger partial charge >= 0.3 is 0 Å². The van der Waals surface area contributed by atoms with Crippen molar-refractivity contribution in [2.75, 3.05) is 5.32 Å². The van der Waals surface area contributed by atoms with Crippen LogP contribution >= 0.6 is 0 Å². The van der Waals surface area contributed by atoms with Crippen LogP contribution in [0.2, 0.25) is 0 Å². The summed E-state index contributed by atoms with van der Waals surface area (Å²) in [6.07, 6.45) is 0. The minimum absolute atomic E-state index is 0.0452. The molecule has 0 saturated carbocycles. The zero-order chi connectivity index (χ0) is 11.5. The van der Waals surface area contributed by atoms with E-state index in [4.69, 9.17) is 5.53 Å². The van der Waals surface area contributed by atoms with Crippen LogP contribution in [-0.2, 0) is 4.79 Å². The van der Waals surface area contributed by atoms with Crippen LogP contribution < -0.4 is 10.8 Å². The standard InChI is InChI=1S/C11H14N3O/c1-11(2,3)10(15)13-8-4-6-9(14-12)7-5-8/h4-7H,1-3H3,(H,13,15). The number of nitrogens with zero attached hydrogens (tertiary/aromatic N) is 2. The Morgan fingerprint density at radius 3 is 2.20 bits per heavy atom. The molecule has 1 rings (SSSR count). The molecule has 4 nitrogen and oxygen atoms in total. The van der Waals surface area contributed by atoms with Gasteiger partial charge in [-0.3, -0.25) is 4.79 Å². The molecule has 0 atom stereocenters. The molecule has 0 bridgehead atoms. The van der Waals surface area contributed by atoms with Crippen molar-refractivity contribution < 1.29 is 4.79 Å². The molecule has 0 aliphatic rings. The molecule has 0 spiro atoms. The van der Waals surface area contributed by atoms with Gasteiger partial charge in [0.25, 0.3) is 0 Å². The van der Waals surface area contributed by atoms with Gasteiger partial charge in [0.1, 0.15) is 0 Å². The number of hydrogen-bond donors (Lipinski definition) is 1. The van der Waals surface area contributed by atoms with E-state index in [0.29, 0.717) is 11.4 Å². The van der Waals surface area contributed by atoms with Gasteiger partial charge in [0.05, 0.1) is 5.69 Å². The number of amides is 1. The largest absolute Gasteiger partial charge is 0.326 e. The summed E-state index contributed by atoms with van der Waals surface area (Å²) < 4.78 is 0. The number of carbonyl (C=O) groups is 1. The molecular formula is C11H14N3O. The second kappa shape index (κ2) is 4.21. The van der Waals surface area contributed by atoms with Crippen molar-refractivity contribution >= 4 is 17.3 Å². The molecule has 0 aliphatic heterocycles.